The number of hydrogen-bond donors (Lipinski definition) is 2. The van der Waals surface area contributed by atoms with Crippen molar-refractivity contribution >= 4 is 35.3 Å². The fraction of sp³-hybridized carbons (Fsp3) is 0.185. The molecule has 4 rings (SSSR count). The molecule has 2 heterocycles. The number of carbonyl (C=O) groups is 2. The van der Waals surface area contributed by atoms with Crippen molar-refractivity contribution in [2.45, 2.75) is 6.92 Å². The van der Waals surface area contributed by atoms with Crippen LogP contribution in [0.5, 0.6) is 5.75 Å². The molecule has 1 aliphatic rings. The lowest BCUT2D eigenvalue weighted by Gasteiger charge is -2.36. The van der Waals surface area contributed by atoms with Gasteiger partial charge in [-0.2, -0.15) is 0 Å². The second kappa shape index (κ2) is 11.5. The Bertz CT molecular complexity index is 1250. The Labute approximate surface area is 214 Å². The molecule has 0 saturated carbocycles. The van der Waals surface area contributed by atoms with Crippen molar-refractivity contribution in [3.8, 4) is 17.0 Å². The third kappa shape index (κ3) is 6.09. The first-order valence-corrected chi connectivity index (χ1v) is 11.8. The summed E-state index contributed by atoms with van der Waals surface area (Å²) in [6.45, 7) is 3.48. The van der Waals surface area contributed by atoms with Crippen LogP contribution in [0.2, 0.25) is 5.02 Å². The van der Waals surface area contributed by atoms with Crippen molar-refractivity contribution in [2.24, 2.45) is 0 Å². The largest absolute Gasteiger partial charge is 0.449 e. The minimum Gasteiger partial charge on any atom is -0.449 e. The molecule has 2 N–H and O–H groups in total. The van der Waals surface area contributed by atoms with Gasteiger partial charge in [0, 0.05) is 61.8 Å². The van der Waals surface area contributed by atoms with Crippen LogP contribution in [0.3, 0.4) is 0 Å². The number of rotatable bonds is 7. The summed E-state index contributed by atoms with van der Waals surface area (Å²) in [5.41, 5.74) is 2.61. The van der Waals surface area contributed by atoms with Crippen molar-refractivity contribution in [3.05, 3.63) is 89.4 Å². The van der Waals surface area contributed by atoms with Gasteiger partial charge in [-0.15, -0.1) is 0 Å². The lowest BCUT2D eigenvalue weighted by molar-refractivity contribution is -0.130. The van der Waals surface area contributed by atoms with E-state index in [-0.39, 0.29) is 11.7 Å². The van der Waals surface area contributed by atoms with E-state index >= 15 is 0 Å². The van der Waals surface area contributed by atoms with E-state index in [1.54, 1.807) is 47.5 Å². The number of nitrogens with zero attached hydrogens (tertiary/aromatic N) is 3. The first-order chi connectivity index (χ1) is 17.4. The fourth-order valence-corrected chi connectivity index (χ4v) is 3.97. The summed E-state index contributed by atoms with van der Waals surface area (Å²) in [7, 11) is 0. The Morgan fingerprint density at radius 1 is 0.972 bits per heavy atom. The Balaban J connectivity index is 1.62. The number of hydrogen-bond acceptors (Lipinski definition) is 6. The molecule has 1 aromatic heterocycles. The predicted molar refractivity (Wildman–Crippen MR) is 140 cm³/mol. The van der Waals surface area contributed by atoms with E-state index in [1.165, 1.54) is 6.92 Å². The molecule has 2 amide bonds. The third-order valence-electron chi connectivity index (χ3n) is 5.78. The van der Waals surface area contributed by atoms with E-state index in [4.69, 9.17) is 21.7 Å². The molecule has 36 heavy (non-hydrogen) atoms. The highest BCUT2D eigenvalue weighted by molar-refractivity contribution is 6.30. The number of amides is 2. The van der Waals surface area contributed by atoms with Crippen molar-refractivity contribution in [2.75, 3.05) is 31.5 Å². The second-order valence-electron chi connectivity index (χ2n) is 8.15. The Morgan fingerprint density at radius 3 is 2.22 bits per heavy atom. The van der Waals surface area contributed by atoms with Gasteiger partial charge in [0.2, 0.25) is 11.7 Å². The number of carbonyl (C=O) groups excluding carboxylic acids is 2. The Hall–Kier alpha value is -4.17. The summed E-state index contributed by atoms with van der Waals surface area (Å²) in [6, 6.07) is 19.7. The van der Waals surface area contributed by atoms with Gasteiger partial charge in [-0.1, -0.05) is 17.7 Å². The fourth-order valence-electron chi connectivity index (χ4n) is 3.84. The molecule has 1 aliphatic heterocycles. The van der Waals surface area contributed by atoms with Crippen LogP contribution < -0.4 is 10.1 Å². The number of ether oxygens (including phenoxy) is 1. The van der Waals surface area contributed by atoms with E-state index in [2.05, 4.69) is 10.3 Å². The van der Waals surface area contributed by atoms with Gasteiger partial charge < -0.3 is 25.3 Å². The van der Waals surface area contributed by atoms with Crippen LogP contribution in [-0.4, -0.2) is 59.0 Å². The van der Waals surface area contributed by atoms with Crippen LogP contribution in [0.25, 0.3) is 11.3 Å². The van der Waals surface area contributed by atoms with Crippen LogP contribution in [0.15, 0.2) is 84.4 Å². The third-order valence-corrected chi connectivity index (χ3v) is 6.03. The van der Waals surface area contributed by atoms with Crippen molar-refractivity contribution < 1.29 is 14.3 Å². The molecule has 0 spiro atoms. The van der Waals surface area contributed by atoms with Crippen LogP contribution in [-0.2, 0) is 9.59 Å². The van der Waals surface area contributed by atoms with Gasteiger partial charge in [0.15, 0.2) is 0 Å². The maximum atomic E-state index is 13.4. The minimum atomic E-state index is -0.501. The van der Waals surface area contributed by atoms with Gasteiger partial charge in [0.25, 0.3) is 5.91 Å². The molecule has 9 heteroatoms. The highest BCUT2D eigenvalue weighted by Crippen LogP contribution is 2.24. The Morgan fingerprint density at radius 2 is 1.64 bits per heavy atom. The average Bonchev–Trinajstić information content (AvgIpc) is 2.91. The van der Waals surface area contributed by atoms with E-state index < -0.39 is 5.91 Å². The molecule has 0 atom stereocenters. The second-order valence-corrected chi connectivity index (χ2v) is 8.59. The number of pyridine rings is 1. The monoisotopic (exact) mass is 503 g/mol. The maximum Gasteiger partial charge on any atom is 0.293 e. The Kier molecular flexibility index (Phi) is 7.97. The quantitative estimate of drug-likeness (QED) is 0.282. The summed E-state index contributed by atoms with van der Waals surface area (Å²) in [6.07, 6.45) is 2.84. The zero-order valence-corrected chi connectivity index (χ0v) is 20.5. The normalized spacial score (nSPS) is 14.1. The maximum absolute atomic E-state index is 13.4. The van der Waals surface area contributed by atoms with Crippen molar-refractivity contribution in [1.82, 2.24) is 14.8 Å². The smallest absolute Gasteiger partial charge is 0.293 e. The number of benzene rings is 2. The molecule has 1 fully saturated rings. The molecule has 2 aromatic carbocycles. The standard InChI is InChI=1S/C27H26ClN5O3/c1-19(34)32-14-16-33(17-15-32)25(18-29)26(27(35)31-22-9-7-21(28)8-10-22)36-23-11-5-20(6-12-23)24-4-2-3-13-30-24/h2-13,18,29H,14-17H2,1H3,(H,31,35)/b26-25-,29-18?. The first kappa shape index (κ1) is 24.9. The van der Waals surface area contributed by atoms with Gasteiger partial charge in [-0.05, 0) is 60.7 Å². The highest BCUT2D eigenvalue weighted by atomic mass is 35.5. The predicted octanol–water partition coefficient (Wildman–Crippen LogP) is 4.44. The number of piperazine rings is 1. The number of anilines is 1. The molecule has 8 nitrogen and oxygen atoms in total. The first-order valence-electron chi connectivity index (χ1n) is 11.5. The molecule has 0 bridgehead atoms. The number of aromatic nitrogens is 1. The summed E-state index contributed by atoms with van der Waals surface area (Å²) in [5, 5.41) is 11.5. The van der Waals surface area contributed by atoms with E-state index in [1.807, 2.05) is 35.2 Å². The number of halogens is 1. The molecule has 1 saturated heterocycles. The molecule has 3 aromatic rings. The average molecular weight is 504 g/mol. The minimum absolute atomic E-state index is 0.0000156. The van der Waals surface area contributed by atoms with Crippen LogP contribution >= 0.6 is 11.6 Å². The summed E-state index contributed by atoms with van der Waals surface area (Å²) >= 11 is 5.97. The van der Waals surface area contributed by atoms with E-state index in [9.17, 15) is 9.59 Å². The molecule has 0 aliphatic carbocycles. The topological polar surface area (TPSA) is 98.6 Å². The van der Waals surface area contributed by atoms with E-state index in [0.29, 0.717) is 48.3 Å². The number of allylic oxidation sites excluding steroid dienone is 1. The van der Waals surface area contributed by atoms with Crippen LogP contribution in [0.4, 0.5) is 5.69 Å². The molecular formula is C27H26ClN5O3. The molecular weight excluding hydrogens is 478 g/mol. The van der Waals surface area contributed by atoms with Gasteiger partial charge in [-0.3, -0.25) is 14.6 Å². The van der Waals surface area contributed by atoms with Gasteiger partial charge in [0.1, 0.15) is 11.4 Å². The summed E-state index contributed by atoms with van der Waals surface area (Å²) in [5.74, 6) is -0.0712. The number of nitrogens with one attached hydrogen (secondary N) is 2. The molecule has 184 valence electrons. The molecule has 0 unspecified atom stereocenters. The zero-order valence-electron chi connectivity index (χ0n) is 19.8. The van der Waals surface area contributed by atoms with Gasteiger partial charge >= 0.3 is 0 Å². The summed E-state index contributed by atoms with van der Waals surface area (Å²) in [4.78, 5) is 33.1. The van der Waals surface area contributed by atoms with Crippen molar-refractivity contribution in [3.63, 3.8) is 0 Å². The molecule has 0 radical (unpaired) electrons. The zero-order chi connectivity index (χ0) is 25.5. The van der Waals surface area contributed by atoms with Gasteiger partial charge in [-0.25, -0.2) is 0 Å². The lowest BCUT2D eigenvalue weighted by atomic mass is 10.1. The van der Waals surface area contributed by atoms with E-state index in [0.717, 1.165) is 17.5 Å². The van der Waals surface area contributed by atoms with Crippen molar-refractivity contribution in [1.29, 1.82) is 5.41 Å². The van der Waals surface area contributed by atoms with Crippen LogP contribution in [0, 0.1) is 5.41 Å². The SMILES string of the molecule is CC(=O)N1CCN(/C(C=N)=C(\Oc2ccc(-c3ccccn3)cc2)C(=O)Nc2ccc(Cl)cc2)CC1. The lowest BCUT2D eigenvalue weighted by Crippen LogP contribution is -2.48. The van der Waals surface area contributed by atoms with Crippen LogP contribution in [0.1, 0.15) is 6.92 Å². The summed E-state index contributed by atoms with van der Waals surface area (Å²) < 4.78 is 6.09. The van der Waals surface area contributed by atoms with Gasteiger partial charge in [0.05, 0.1) is 5.69 Å². The highest BCUT2D eigenvalue weighted by Gasteiger charge is 2.26.